The predicted molar refractivity (Wildman–Crippen MR) is 124 cm³/mol. The summed E-state index contributed by atoms with van der Waals surface area (Å²) >= 11 is 0. The maximum Gasteiger partial charge on any atom is 0.241 e. The molecule has 0 spiro atoms. The molecule has 0 bridgehead atoms. The van der Waals surface area contributed by atoms with Crippen LogP contribution < -0.4 is 15.4 Å². The van der Waals surface area contributed by atoms with E-state index in [0.717, 1.165) is 41.7 Å². The first-order chi connectivity index (χ1) is 15.4. The van der Waals surface area contributed by atoms with Gasteiger partial charge in [0.15, 0.2) is 0 Å². The van der Waals surface area contributed by atoms with Gasteiger partial charge in [0.05, 0.1) is 17.5 Å². The number of anilines is 1. The van der Waals surface area contributed by atoms with E-state index >= 15 is 0 Å². The highest BCUT2D eigenvalue weighted by Crippen LogP contribution is 2.42. The van der Waals surface area contributed by atoms with Crippen LogP contribution in [0.3, 0.4) is 0 Å². The molecule has 1 saturated heterocycles. The molecule has 166 valence electrons. The third-order valence-electron chi connectivity index (χ3n) is 7.20. The molecule has 2 N–H and O–H groups in total. The fourth-order valence-corrected chi connectivity index (χ4v) is 4.97. The van der Waals surface area contributed by atoms with Crippen LogP contribution in [0.5, 0.6) is 5.88 Å². The number of imidazole rings is 1. The lowest BCUT2D eigenvalue weighted by Gasteiger charge is -2.20. The Labute approximate surface area is 187 Å². The smallest absolute Gasteiger partial charge is 0.241 e. The first-order valence-corrected chi connectivity index (χ1v) is 11.6. The van der Waals surface area contributed by atoms with Gasteiger partial charge in [-0.2, -0.15) is 0 Å². The summed E-state index contributed by atoms with van der Waals surface area (Å²) in [5.41, 5.74) is 6.40. The van der Waals surface area contributed by atoms with Gasteiger partial charge in [0.1, 0.15) is 11.6 Å². The maximum absolute atomic E-state index is 11.7. The molecule has 1 amide bonds. The molecule has 4 heterocycles. The lowest BCUT2D eigenvalue weighted by molar-refractivity contribution is -0.119. The first kappa shape index (κ1) is 19.6. The van der Waals surface area contributed by atoms with Crippen molar-refractivity contribution in [1.82, 2.24) is 19.9 Å². The average Bonchev–Trinajstić information content (AvgIpc) is 3.23. The number of benzene rings is 1. The minimum absolute atomic E-state index is 0.0916. The molecule has 3 aromatic rings. The van der Waals surface area contributed by atoms with Gasteiger partial charge in [0, 0.05) is 48.1 Å². The van der Waals surface area contributed by atoms with E-state index in [9.17, 15) is 4.79 Å². The van der Waals surface area contributed by atoms with Crippen molar-refractivity contribution in [3.63, 3.8) is 0 Å². The van der Waals surface area contributed by atoms with E-state index in [1.807, 2.05) is 13.3 Å². The summed E-state index contributed by atoms with van der Waals surface area (Å²) in [5, 5.41) is 6.45. The first-order valence-electron chi connectivity index (χ1n) is 11.6. The van der Waals surface area contributed by atoms with Crippen molar-refractivity contribution in [2.75, 3.05) is 18.4 Å². The van der Waals surface area contributed by atoms with Crippen molar-refractivity contribution in [2.24, 2.45) is 5.92 Å². The van der Waals surface area contributed by atoms with Crippen molar-refractivity contribution in [3.8, 4) is 17.1 Å². The molecule has 2 aliphatic heterocycles. The Morgan fingerprint density at radius 1 is 1.22 bits per heavy atom. The van der Waals surface area contributed by atoms with Gasteiger partial charge in [0.25, 0.3) is 0 Å². The summed E-state index contributed by atoms with van der Waals surface area (Å²) in [5.74, 6) is 0.850. The Morgan fingerprint density at radius 3 is 2.81 bits per heavy atom. The number of ether oxygens (including phenoxy) is 1. The molecule has 32 heavy (non-hydrogen) atoms. The number of aromatic nitrogens is 3. The van der Waals surface area contributed by atoms with Gasteiger partial charge in [-0.25, -0.2) is 9.97 Å². The molecule has 3 aliphatic rings. The van der Waals surface area contributed by atoms with Crippen molar-refractivity contribution in [1.29, 1.82) is 0 Å². The Morgan fingerprint density at radius 2 is 2.06 bits per heavy atom. The van der Waals surface area contributed by atoms with E-state index in [4.69, 9.17) is 14.7 Å². The SMILES string of the molecule is C[C@@H](Oc1nc(-c2ccc3c(c2)NCC3(C)C)cc2ncn(C3CC3)c12)C1CNC(=O)C1. The summed E-state index contributed by atoms with van der Waals surface area (Å²) in [7, 11) is 0. The van der Waals surface area contributed by atoms with Gasteiger partial charge < -0.3 is 19.9 Å². The highest BCUT2D eigenvalue weighted by molar-refractivity contribution is 5.85. The number of nitrogens with zero attached hydrogens (tertiary/aromatic N) is 3. The van der Waals surface area contributed by atoms with E-state index < -0.39 is 0 Å². The van der Waals surface area contributed by atoms with Gasteiger partial charge >= 0.3 is 0 Å². The third-order valence-corrected chi connectivity index (χ3v) is 7.20. The second-order valence-electron chi connectivity index (χ2n) is 10.2. The van der Waals surface area contributed by atoms with E-state index in [0.29, 0.717) is 24.9 Å². The second-order valence-corrected chi connectivity index (χ2v) is 10.2. The predicted octanol–water partition coefficient (Wildman–Crippen LogP) is 4.04. The van der Waals surface area contributed by atoms with E-state index in [1.54, 1.807) is 0 Å². The highest BCUT2D eigenvalue weighted by atomic mass is 16.5. The molecule has 1 saturated carbocycles. The molecule has 1 aromatic carbocycles. The molecule has 7 nitrogen and oxygen atoms in total. The van der Waals surface area contributed by atoms with Gasteiger partial charge in [-0.1, -0.05) is 26.0 Å². The van der Waals surface area contributed by atoms with E-state index in [2.05, 4.69) is 53.3 Å². The van der Waals surface area contributed by atoms with Crippen LogP contribution in [0, 0.1) is 5.92 Å². The molecular weight excluding hydrogens is 402 g/mol. The monoisotopic (exact) mass is 431 g/mol. The Balaban J connectivity index is 1.41. The number of rotatable bonds is 5. The van der Waals surface area contributed by atoms with Gasteiger partial charge in [-0.15, -0.1) is 0 Å². The number of fused-ring (bicyclic) bond motifs is 2. The molecule has 2 aromatic heterocycles. The number of amides is 1. The summed E-state index contributed by atoms with van der Waals surface area (Å²) in [4.78, 5) is 21.4. The minimum Gasteiger partial charge on any atom is -0.473 e. The highest BCUT2D eigenvalue weighted by Gasteiger charge is 2.32. The largest absolute Gasteiger partial charge is 0.473 e. The number of pyridine rings is 1. The van der Waals surface area contributed by atoms with Gasteiger partial charge in [-0.05, 0) is 37.5 Å². The van der Waals surface area contributed by atoms with Crippen LogP contribution >= 0.6 is 0 Å². The summed E-state index contributed by atoms with van der Waals surface area (Å²) in [6.45, 7) is 8.14. The summed E-state index contributed by atoms with van der Waals surface area (Å²) in [6.07, 6.45) is 4.62. The zero-order chi connectivity index (χ0) is 22.0. The standard InChI is InChI=1S/C25H29N5O2/c1-14(16-9-22(31)26-11-16)32-24-23-21(28-13-30(23)17-5-6-17)10-19(29-24)15-4-7-18-20(8-15)27-12-25(18,2)3/h4,7-8,10,13-14,16-17,27H,5-6,9,11-12H2,1-3H3,(H,26,31)/t14-,16?/m1/s1. The third kappa shape index (κ3) is 3.22. The minimum atomic E-state index is -0.120. The quantitative estimate of drug-likeness (QED) is 0.637. The molecular formula is C25H29N5O2. The number of hydrogen-bond donors (Lipinski definition) is 2. The molecule has 1 unspecified atom stereocenters. The summed E-state index contributed by atoms with van der Waals surface area (Å²) < 4.78 is 8.65. The molecule has 0 radical (unpaired) electrons. The maximum atomic E-state index is 11.7. The fraction of sp³-hybridized carbons (Fsp3) is 0.480. The van der Waals surface area contributed by atoms with Crippen molar-refractivity contribution in [3.05, 3.63) is 36.2 Å². The van der Waals surface area contributed by atoms with Crippen LogP contribution in [-0.2, 0) is 10.2 Å². The zero-order valence-corrected chi connectivity index (χ0v) is 18.8. The number of carbonyl (C=O) groups is 1. The van der Waals surface area contributed by atoms with Crippen molar-refractivity contribution < 1.29 is 9.53 Å². The average molecular weight is 432 g/mol. The normalized spacial score (nSPS) is 22.5. The Bertz CT molecular complexity index is 1230. The van der Waals surface area contributed by atoms with Crippen molar-refractivity contribution >= 4 is 22.6 Å². The fourth-order valence-electron chi connectivity index (χ4n) is 4.97. The molecule has 7 heteroatoms. The molecule has 2 atom stereocenters. The van der Waals surface area contributed by atoms with Crippen LogP contribution in [0.4, 0.5) is 5.69 Å². The molecule has 1 aliphatic carbocycles. The number of carbonyl (C=O) groups excluding carboxylic acids is 1. The van der Waals surface area contributed by atoms with Crippen LogP contribution in [-0.4, -0.2) is 39.6 Å². The number of hydrogen-bond acceptors (Lipinski definition) is 5. The lowest BCUT2D eigenvalue weighted by atomic mass is 9.86. The zero-order valence-electron chi connectivity index (χ0n) is 18.8. The lowest BCUT2D eigenvalue weighted by Crippen LogP contribution is -2.26. The van der Waals surface area contributed by atoms with Crippen LogP contribution in [0.2, 0.25) is 0 Å². The van der Waals surface area contributed by atoms with Gasteiger partial charge in [0.2, 0.25) is 11.8 Å². The second kappa shape index (κ2) is 6.95. The van der Waals surface area contributed by atoms with E-state index in [1.165, 1.54) is 11.3 Å². The summed E-state index contributed by atoms with van der Waals surface area (Å²) in [6, 6.07) is 9.08. The van der Waals surface area contributed by atoms with Crippen LogP contribution in [0.15, 0.2) is 30.6 Å². The topological polar surface area (TPSA) is 81.1 Å². The van der Waals surface area contributed by atoms with E-state index in [-0.39, 0.29) is 23.3 Å². The van der Waals surface area contributed by atoms with Gasteiger partial charge in [-0.3, -0.25) is 4.79 Å². The Hall–Kier alpha value is -3.09. The number of nitrogens with one attached hydrogen (secondary N) is 2. The Kier molecular flexibility index (Phi) is 4.26. The molecule has 6 rings (SSSR count). The van der Waals surface area contributed by atoms with Crippen molar-refractivity contribution in [2.45, 2.75) is 57.6 Å². The molecule has 2 fully saturated rings. The van der Waals surface area contributed by atoms with Crippen LogP contribution in [0.1, 0.15) is 51.6 Å². The van der Waals surface area contributed by atoms with Crippen LogP contribution in [0.25, 0.3) is 22.3 Å².